The van der Waals surface area contributed by atoms with Gasteiger partial charge in [0.2, 0.25) is 0 Å². The summed E-state index contributed by atoms with van der Waals surface area (Å²) in [5.41, 5.74) is 5.92. The second-order valence-corrected chi connectivity index (χ2v) is 5.35. The highest BCUT2D eigenvalue weighted by molar-refractivity contribution is 5.65. The van der Waals surface area contributed by atoms with Crippen LogP contribution < -0.4 is 5.32 Å². The number of rotatable bonds is 3. The fourth-order valence-corrected chi connectivity index (χ4v) is 2.09. The van der Waals surface area contributed by atoms with Crippen LogP contribution in [0.1, 0.15) is 30.5 Å². The average Bonchev–Trinajstić information content (AvgIpc) is 2.34. The van der Waals surface area contributed by atoms with Crippen LogP contribution in [0.25, 0.3) is 11.3 Å². The molecular weight excluding hydrogens is 234 g/mol. The summed E-state index contributed by atoms with van der Waals surface area (Å²) in [6.45, 7) is 10.5. The molecule has 0 amide bonds. The van der Waals surface area contributed by atoms with E-state index in [9.17, 15) is 0 Å². The Kier molecular flexibility index (Phi) is 3.84. The van der Waals surface area contributed by atoms with Crippen LogP contribution in [0.15, 0.2) is 24.3 Å². The molecular formula is C16H21N3. The van der Waals surface area contributed by atoms with Crippen molar-refractivity contribution in [2.45, 2.75) is 40.7 Å². The van der Waals surface area contributed by atoms with E-state index in [2.05, 4.69) is 62.3 Å². The molecule has 19 heavy (non-hydrogen) atoms. The molecule has 2 rings (SSSR count). The summed E-state index contributed by atoms with van der Waals surface area (Å²) < 4.78 is 0. The Morgan fingerprint density at radius 3 is 2.16 bits per heavy atom. The van der Waals surface area contributed by atoms with Crippen LogP contribution in [0, 0.1) is 20.8 Å². The Morgan fingerprint density at radius 2 is 1.58 bits per heavy atom. The lowest BCUT2D eigenvalue weighted by molar-refractivity contribution is 0.874. The van der Waals surface area contributed by atoms with E-state index in [1.54, 1.807) is 0 Å². The molecule has 0 fully saturated rings. The van der Waals surface area contributed by atoms with E-state index in [4.69, 9.17) is 0 Å². The summed E-state index contributed by atoms with van der Waals surface area (Å²) in [5.74, 6) is 0.820. The molecule has 0 aliphatic rings. The largest absolute Gasteiger partial charge is 0.366 e. The quantitative estimate of drug-likeness (QED) is 0.904. The highest BCUT2D eigenvalue weighted by Crippen LogP contribution is 2.24. The second kappa shape index (κ2) is 5.39. The first-order chi connectivity index (χ1) is 8.97. The van der Waals surface area contributed by atoms with Gasteiger partial charge in [-0.25, -0.2) is 0 Å². The standard InChI is InChI=1S/C16H21N3/c1-10(2)17-16-7-6-15(18-19-16)14-9-12(4)11(3)8-13(14)5/h6-10H,1-5H3,(H,17,19). The van der Waals surface area contributed by atoms with Crippen molar-refractivity contribution in [3.63, 3.8) is 0 Å². The normalized spacial score (nSPS) is 10.8. The molecule has 0 unspecified atom stereocenters. The van der Waals surface area contributed by atoms with Crippen molar-refractivity contribution in [1.82, 2.24) is 10.2 Å². The molecule has 0 bridgehead atoms. The SMILES string of the molecule is Cc1cc(C)c(-c2ccc(NC(C)C)nn2)cc1C. The van der Waals surface area contributed by atoms with Gasteiger partial charge in [-0.2, -0.15) is 0 Å². The first-order valence-corrected chi connectivity index (χ1v) is 6.66. The Balaban J connectivity index is 2.34. The molecule has 3 heteroatoms. The maximum atomic E-state index is 4.32. The van der Waals surface area contributed by atoms with Gasteiger partial charge in [-0.15, -0.1) is 10.2 Å². The molecule has 0 aliphatic heterocycles. The summed E-state index contributed by atoms with van der Waals surface area (Å²) >= 11 is 0. The van der Waals surface area contributed by atoms with Crippen LogP contribution in [0.3, 0.4) is 0 Å². The molecule has 2 aromatic rings. The molecule has 0 atom stereocenters. The van der Waals surface area contributed by atoms with Gasteiger partial charge in [0.1, 0.15) is 5.82 Å². The molecule has 0 saturated carbocycles. The molecule has 0 radical (unpaired) electrons. The van der Waals surface area contributed by atoms with Crippen LogP contribution in [0.4, 0.5) is 5.82 Å². The summed E-state index contributed by atoms with van der Waals surface area (Å²) in [6, 6.07) is 8.76. The van der Waals surface area contributed by atoms with Gasteiger partial charge in [0.25, 0.3) is 0 Å². The molecule has 1 heterocycles. The molecule has 0 aliphatic carbocycles. The first kappa shape index (κ1) is 13.5. The number of benzene rings is 1. The lowest BCUT2D eigenvalue weighted by Crippen LogP contribution is -2.11. The third-order valence-electron chi connectivity index (χ3n) is 3.22. The summed E-state index contributed by atoms with van der Waals surface area (Å²) in [7, 11) is 0. The molecule has 1 aromatic carbocycles. The van der Waals surface area contributed by atoms with E-state index in [1.165, 1.54) is 16.7 Å². The van der Waals surface area contributed by atoms with Crippen LogP contribution >= 0.6 is 0 Å². The van der Waals surface area contributed by atoms with E-state index in [0.29, 0.717) is 6.04 Å². The highest BCUT2D eigenvalue weighted by atomic mass is 15.2. The minimum absolute atomic E-state index is 0.364. The zero-order valence-corrected chi connectivity index (χ0v) is 12.3. The van der Waals surface area contributed by atoms with Crippen LogP contribution in [0.2, 0.25) is 0 Å². The predicted molar refractivity (Wildman–Crippen MR) is 80.4 cm³/mol. The van der Waals surface area contributed by atoms with E-state index in [1.807, 2.05) is 12.1 Å². The third kappa shape index (κ3) is 3.11. The number of hydrogen-bond donors (Lipinski definition) is 1. The van der Waals surface area contributed by atoms with Gasteiger partial charge < -0.3 is 5.32 Å². The molecule has 100 valence electrons. The van der Waals surface area contributed by atoms with E-state index >= 15 is 0 Å². The van der Waals surface area contributed by atoms with Gasteiger partial charge in [0.15, 0.2) is 0 Å². The van der Waals surface area contributed by atoms with Crippen molar-refractivity contribution >= 4 is 5.82 Å². The summed E-state index contributed by atoms with van der Waals surface area (Å²) in [6.07, 6.45) is 0. The van der Waals surface area contributed by atoms with Gasteiger partial charge in [-0.3, -0.25) is 0 Å². The monoisotopic (exact) mass is 255 g/mol. The number of hydrogen-bond acceptors (Lipinski definition) is 3. The third-order valence-corrected chi connectivity index (χ3v) is 3.22. The Hall–Kier alpha value is -1.90. The summed E-state index contributed by atoms with van der Waals surface area (Å²) in [4.78, 5) is 0. The fraction of sp³-hybridized carbons (Fsp3) is 0.375. The molecule has 0 spiro atoms. The first-order valence-electron chi connectivity index (χ1n) is 6.66. The maximum absolute atomic E-state index is 4.32. The Morgan fingerprint density at radius 1 is 0.895 bits per heavy atom. The van der Waals surface area contributed by atoms with Crippen molar-refractivity contribution < 1.29 is 0 Å². The van der Waals surface area contributed by atoms with Gasteiger partial charge in [-0.05, 0) is 69.5 Å². The number of aromatic nitrogens is 2. The van der Waals surface area contributed by atoms with Crippen molar-refractivity contribution in [1.29, 1.82) is 0 Å². The van der Waals surface area contributed by atoms with E-state index in [-0.39, 0.29) is 0 Å². The topological polar surface area (TPSA) is 37.8 Å². The molecule has 0 saturated heterocycles. The van der Waals surface area contributed by atoms with Gasteiger partial charge in [0.05, 0.1) is 5.69 Å². The number of nitrogens with one attached hydrogen (secondary N) is 1. The van der Waals surface area contributed by atoms with E-state index in [0.717, 1.165) is 17.1 Å². The van der Waals surface area contributed by atoms with Crippen LogP contribution in [-0.4, -0.2) is 16.2 Å². The number of anilines is 1. The zero-order valence-electron chi connectivity index (χ0n) is 12.3. The lowest BCUT2D eigenvalue weighted by atomic mass is 9.99. The summed E-state index contributed by atoms with van der Waals surface area (Å²) in [5, 5.41) is 11.8. The van der Waals surface area contributed by atoms with Crippen molar-refractivity contribution in [2.75, 3.05) is 5.32 Å². The van der Waals surface area contributed by atoms with Crippen LogP contribution in [0.5, 0.6) is 0 Å². The molecule has 1 aromatic heterocycles. The van der Waals surface area contributed by atoms with Gasteiger partial charge in [-0.1, -0.05) is 6.07 Å². The van der Waals surface area contributed by atoms with Crippen molar-refractivity contribution in [2.24, 2.45) is 0 Å². The minimum Gasteiger partial charge on any atom is -0.366 e. The highest BCUT2D eigenvalue weighted by Gasteiger charge is 2.07. The van der Waals surface area contributed by atoms with Gasteiger partial charge in [0, 0.05) is 11.6 Å². The second-order valence-electron chi connectivity index (χ2n) is 5.35. The van der Waals surface area contributed by atoms with Crippen LogP contribution in [-0.2, 0) is 0 Å². The predicted octanol–water partition coefficient (Wildman–Crippen LogP) is 3.89. The van der Waals surface area contributed by atoms with Crippen molar-refractivity contribution in [3.05, 3.63) is 41.0 Å². The number of aryl methyl sites for hydroxylation is 3. The maximum Gasteiger partial charge on any atom is 0.148 e. The van der Waals surface area contributed by atoms with Gasteiger partial charge >= 0.3 is 0 Å². The Bertz CT molecular complexity index is 571. The average molecular weight is 255 g/mol. The minimum atomic E-state index is 0.364. The molecule has 1 N–H and O–H groups in total. The molecule has 3 nitrogen and oxygen atoms in total. The lowest BCUT2D eigenvalue weighted by Gasteiger charge is -2.11. The fourth-order valence-electron chi connectivity index (χ4n) is 2.09. The Labute approximate surface area is 115 Å². The number of nitrogens with zero attached hydrogens (tertiary/aromatic N) is 2. The smallest absolute Gasteiger partial charge is 0.148 e. The van der Waals surface area contributed by atoms with Crippen molar-refractivity contribution in [3.8, 4) is 11.3 Å². The van der Waals surface area contributed by atoms with E-state index < -0.39 is 0 Å². The zero-order chi connectivity index (χ0) is 14.0.